The van der Waals surface area contributed by atoms with Crippen LogP contribution in [0.1, 0.15) is 18.1 Å². The second-order valence-corrected chi connectivity index (χ2v) is 6.15. The van der Waals surface area contributed by atoms with E-state index in [0.29, 0.717) is 49.7 Å². The predicted octanol–water partition coefficient (Wildman–Crippen LogP) is 3.83. The maximum Gasteiger partial charge on any atom is 0.193 e. The highest BCUT2D eigenvalue weighted by Gasteiger charge is 2.03. The summed E-state index contributed by atoms with van der Waals surface area (Å²) in [6, 6.07) is 13.4. The van der Waals surface area contributed by atoms with Crippen LogP contribution in [0.4, 0.5) is 5.69 Å². The second-order valence-electron chi connectivity index (χ2n) is 5.75. The Morgan fingerprint density at radius 3 is 2.63 bits per heavy atom. The van der Waals surface area contributed by atoms with Crippen molar-refractivity contribution in [3.63, 3.8) is 0 Å². The molecule has 0 bridgehead atoms. The highest BCUT2D eigenvalue weighted by molar-refractivity contribution is 6.32. The Morgan fingerprint density at radius 2 is 1.89 bits per heavy atom. The summed E-state index contributed by atoms with van der Waals surface area (Å²) >= 11 is 6.11. The van der Waals surface area contributed by atoms with Gasteiger partial charge < -0.3 is 25.3 Å². The van der Waals surface area contributed by atoms with Gasteiger partial charge in [-0.05, 0) is 36.2 Å². The van der Waals surface area contributed by atoms with Crippen LogP contribution in [-0.2, 0) is 22.6 Å². The van der Waals surface area contributed by atoms with Crippen LogP contribution in [0.15, 0.2) is 47.5 Å². The third-order valence-corrected chi connectivity index (χ3v) is 3.99. The van der Waals surface area contributed by atoms with Crippen molar-refractivity contribution in [1.29, 1.82) is 0 Å². The summed E-state index contributed by atoms with van der Waals surface area (Å²) in [6.45, 7) is 4.87. The highest BCUT2D eigenvalue weighted by Crippen LogP contribution is 2.27. The van der Waals surface area contributed by atoms with Gasteiger partial charge in [-0.1, -0.05) is 35.9 Å². The lowest BCUT2D eigenvalue weighted by Gasteiger charge is -2.09. The van der Waals surface area contributed by atoms with Crippen LogP contribution in [-0.4, -0.2) is 32.9 Å². The van der Waals surface area contributed by atoms with Gasteiger partial charge in [0.25, 0.3) is 0 Å². The van der Waals surface area contributed by atoms with E-state index in [1.165, 1.54) is 0 Å². The van der Waals surface area contributed by atoms with E-state index in [1.807, 2.05) is 31.2 Å². The summed E-state index contributed by atoms with van der Waals surface area (Å²) < 4.78 is 16.0. The van der Waals surface area contributed by atoms with Crippen molar-refractivity contribution in [2.45, 2.75) is 20.1 Å². The normalized spacial score (nSPS) is 11.4. The Labute approximate surface area is 165 Å². The lowest BCUT2D eigenvalue weighted by molar-refractivity contribution is 0.0453. The molecule has 0 spiro atoms. The number of hydrogen-bond donors (Lipinski definition) is 2. The summed E-state index contributed by atoms with van der Waals surface area (Å²) in [5.74, 6) is 0.924. The number of nitrogens with zero attached hydrogens (tertiary/aromatic N) is 1. The molecule has 0 radical (unpaired) electrons. The number of rotatable bonds is 10. The summed E-state index contributed by atoms with van der Waals surface area (Å²) in [5, 5.41) is 3.53. The zero-order chi connectivity index (χ0) is 19.5. The van der Waals surface area contributed by atoms with Crippen LogP contribution in [0.2, 0.25) is 5.02 Å². The highest BCUT2D eigenvalue weighted by atomic mass is 35.5. The minimum absolute atomic E-state index is 0.314. The van der Waals surface area contributed by atoms with Gasteiger partial charge in [0.2, 0.25) is 0 Å². The van der Waals surface area contributed by atoms with Crippen LogP contribution in [0.5, 0.6) is 5.75 Å². The van der Waals surface area contributed by atoms with E-state index < -0.39 is 0 Å². The first-order chi connectivity index (χ1) is 13.1. The Balaban J connectivity index is 1.87. The summed E-state index contributed by atoms with van der Waals surface area (Å²) in [7, 11) is 1.57. The lowest BCUT2D eigenvalue weighted by Crippen LogP contribution is -2.22. The standard InChI is InChI=1S/C20H26ClN3O3/c1-3-26-9-10-27-14-16-6-4-5-15(11-16)13-23-20(22)24-17-7-8-19(25-2)18(21)12-17/h4-8,11-12H,3,9-10,13-14H2,1-2H3,(H3,22,23,24). The van der Waals surface area contributed by atoms with Crippen LogP contribution in [0.25, 0.3) is 0 Å². The average Bonchev–Trinajstić information content (AvgIpc) is 2.67. The van der Waals surface area contributed by atoms with E-state index in [9.17, 15) is 0 Å². The van der Waals surface area contributed by atoms with E-state index >= 15 is 0 Å². The van der Waals surface area contributed by atoms with Crippen LogP contribution >= 0.6 is 11.6 Å². The van der Waals surface area contributed by atoms with Crippen molar-refractivity contribution in [2.75, 3.05) is 32.2 Å². The van der Waals surface area contributed by atoms with Crippen molar-refractivity contribution in [3.05, 3.63) is 58.6 Å². The Morgan fingerprint density at radius 1 is 1.11 bits per heavy atom. The quantitative estimate of drug-likeness (QED) is 0.365. The molecule has 0 fully saturated rings. The molecule has 6 nitrogen and oxygen atoms in total. The molecule has 0 aliphatic carbocycles. The van der Waals surface area contributed by atoms with E-state index in [4.69, 9.17) is 31.5 Å². The predicted molar refractivity (Wildman–Crippen MR) is 110 cm³/mol. The van der Waals surface area contributed by atoms with E-state index in [2.05, 4.69) is 16.4 Å². The van der Waals surface area contributed by atoms with Gasteiger partial charge in [-0.15, -0.1) is 0 Å². The Bertz CT molecular complexity index is 753. The van der Waals surface area contributed by atoms with E-state index in [0.717, 1.165) is 16.8 Å². The van der Waals surface area contributed by atoms with Gasteiger partial charge in [-0.2, -0.15) is 0 Å². The number of nitrogens with one attached hydrogen (secondary N) is 1. The van der Waals surface area contributed by atoms with Gasteiger partial charge in [-0.25, -0.2) is 4.99 Å². The molecule has 27 heavy (non-hydrogen) atoms. The number of hydrogen-bond acceptors (Lipinski definition) is 4. The second kappa shape index (κ2) is 11.4. The maximum atomic E-state index is 6.11. The number of nitrogens with two attached hydrogens (primary N) is 1. The van der Waals surface area contributed by atoms with Gasteiger partial charge in [-0.3, -0.25) is 0 Å². The van der Waals surface area contributed by atoms with Gasteiger partial charge in [0.1, 0.15) is 5.75 Å². The Kier molecular flexibility index (Phi) is 8.91. The molecule has 0 amide bonds. The largest absolute Gasteiger partial charge is 0.495 e. The molecule has 2 aromatic rings. The lowest BCUT2D eigenvalue weighted by atomic mass is 10.1. The number of anilines is 1. The summed E-state index contributed by atoms with van der Waals surface area (Å²) in [4.78, 5) is 4.37. The fourth-order valence-electron chi connectivity index (χ4n) is 2.38. The van der Waals surface area contributed by atoms with Crippen LogP contribution in [0, 0.1) is 0 Å². The van der Waals surface area contributed by atoms with Crippen LogP contribution < -0.4 is 15.8 Å². The maximum absolute atomic E-state index is 6.11. The molecule has 0 aliphatic rings. The number of halogens is 1. The third kappa shape index (κ3) is 7.46. The van der Waals surface area contributed by atoms with Gasteiger partial charge >= 0.3 is 0 Å². The SMILES string of the molecule is CCOCCOCc1cccc(CN=C(N)Nc2ccc(OC)c(Cl)c2)c1. The smallest absolute Gasteiger partial charge is 0.193 e. The first kappa shape index (κ1) is 21.0. The average molecular weight is 392 g/mol. The topological polar surface area (TPSA) is 78.1 Å². The molecular weight excluding hydrogens is 366 g/mol. The number of guanidine groups is 1. The van der Waals surface area contributed by atoms with Gasteiger partial charge in [0, 0.05) is 12.3 Å². The minimum Gasteiger partial charge on any atom is -0.495 e. The fourth-order valence-corrected chi connectivity index (χ4v) is 2.64. The third-order valence-electron chi connectivity index (χ3n) is 3.69. The zero-order valence-electron chi connectivity index (χ0n) is 15.7. The first-order valence-electron chi connectivity index (χ1n) is 8.76. The molecule has 0 unspecified atom stereocenters. The molecule has 7 heteroatoms. The Hall–Kier alpha value is -2.28. The monoisotopic (exact) mass is 391 g/mol. The van der Waals surface area contributed by atoms with Gasteiger partial charge in [0.05, 0.1) is 38.5 Å². The van der Waals surface area contributed by atoms with Gasteiger partial charge in [0.15, 0.2) is 5.96 Å². The van der Waals surface area contributed by atoms with Crippen molar-refractivity contribution < 1.29 is 14.2 Å². The van der Waals surface area contributed by atoms with Crippen molar-refractivity contribution >= 4 is 23.2 Å². The molecule has 146 valence electrons. The molecule has 3 N–H and O–H groups in total. The molecule has 2 aromatic carbocycles. The molecule has 0 saturated heterocycles. The van der Waals surface area contributed by atoms with Crippen molar-refractivity contribution in [3.8, 4) is 5.75 Å². The van der Waals surface area contributed by atoms with Crippen LogP contribution in [0.3, 0.4) is 0 Å². The number of methoxy groups -OCH3 is 1. The zero-order valence-corrected chi connectivity index (χ0v) is 16.5. The summed E-state index contributed by atoms with van der Waals surface area (Å²) in [6.07, 6.45) is 0. The molecule has 0 saturated carbocycles. The molecule has 2 rings (SSSR count). The van der Waals surface area contributed by atoms with E-state index in [-0.39, 0.29) is 0 Å². The number of ether oxygens (including phenoxy) is 3. The molecule has 0 aliphatic heterocycles. The molecular formula is C20H26ClN3O3. The molecule has 0 atom stereocenters. The fraction of sp³-hybridized carbons (Fsp3) is 0.350. The number of benzene rings is 2. The van der Waals surface area contributed by atoms with Crippen molar-refractivity contribution in [2.24, 2.45) is 10.7 Å². The number of aliphatic imine (C=N–C) groups is 1. The minimum atomic E-state index is 0.314. The van der Waals surface area contributed by atoms with E-state index in [1.54, 1.807) is 19.2 Å². The molecule has 0 heterocycles. The summed E-state index contributed by atoms with van der Waals surface area (Å²) in [5.41, 5.74) is 8.86. The van der Waals surface area contributed by atoms with Crippen molar-refractivity contribution in [1.82, 2.24) is 0 Å². The first-order valence-corrected chi connectivity index (χ1v) is 9.14. The molecule has 0 aromatic heterocycles.